The van der Waals surface area contributed by atoms with E-state index in [1.807, 2.05) is 0 Å². The van der Waals surface area contributed by atoms with Crippen LogP contribution in [0.2, 0.25) is 0 Å². The van der Waals surface area contributed by atoms with Crippen LogP contribution in [-0.4, -0.2) is 4.57 Å². The fourth-order valence-electron chi connectivity index (χ4n) is 11.9. The van der Waals surface area contributed by atoms with Gasteiger partial charge in [-0.3, -0.25) is 0 Å². The van der Waals surface area contributed by atoms with Crippen LogP contribution in [-0.2, 0) is 5.41 Å². The van der Waals surface area contributed by atoms with Gasteiger partial charge >= 0.3 is 0 Å². The zero-order valence-electron chi connectivity index (χ0n) is 37.8. The highest BCUT2D eigenvalue weighted by Crippen LogP contribution is 2.62. The average Bonchev–Trinajstić information content (AvgIpc) is 3.92. The lowest BCUT2D eigenvalue weighted by molar-refractivity contribution is 0.748. The third kappa shape index (κ3) is 5.86. The molecule has 0 bridgehead atoms. The number of anilines is 3. The average molecular weight is 877 g/mol. The number of fused-ring (bicyclic) bond motifs is 12. The Bertz CT molecular complexity index is 3890. The van der Waals surface area contributed by atoms with Gasteiger partial charge in [0.1, 0.15) is 0 Å². The summed E-state index contributed by atoms with van der Waals surface area (Å²) in [6.07, 6.45) is 0. The van der Waals surface area contributed by atoms with Gasteiger partial charge in [0.15, 0.2) is 0 Å². The molecule has 322 valence electrons. The van der Waals surface area contributed by atoms with Gasteiger partial charge in [-0.05, 0) is 115 Å². The van der Waals surface area contributed by atoms with Gasteiger partial charge in [0, 0.05) is 27.7 Å². The Hall–Kier alpha value is -8.98. The highest BCUT2D eigenvalue weighted by Gasteiger charge is 2.51. The molecule has 0 saturated heterocycles. The van der Waals surface area contributed by atoms with E-state index >= 15 is 0 Å². The van der Waals surface area contributed by atoms with E-state index in [4.69, 9.17) is 0 Å². The quantitative estimate of drug-likeness (QED) is 0.155. The van der Waals surface area contributed by atoms with Crippen LogP contribution >= 0.6 is 0 Å². The zero-order valence-corrected chi connectivity index (χ0v) is 37.8. The molecule has 69 heavy (non-hydrogen) atoms. The third-order valence-electron chi connectivity index (χ3n) is 14.8. The van der Waals surface area contributed by atoms with E-state index in [-0.39, 0.29) is 0 Å². The molecule has 2 nitrogen and oxygen atoms in total. The first-order chi connectivity index (χ1) is 34.3. The summed E-state index contributed by atoms with van der Waals surface area (Å²) in [6.45, 7) is 0. The Labute approximate surface area is 402 Å². The molecule has 0 saturated carbocycles. The van der Waals surface area contributed by atoms with Crippen molar-refractivity contribution in [2.24, 2.45) is 0 Å². The minimum absolute atomic E-state index is 0.580. The molecule has 2 heteroatoms. The van der Waals surface area contributed by atoms with Crippen LogP contribution in [0.25, 0.3) is 83.1 Å². The number of hydrogen-bond donors (Lipinski definition) is 0. The van der Waals surface area contributed by atoms with Crippen LogP contribution in [0.5, 0.6) is 0 Å². The Kier molecular flexibility index (Phi) is 8.84. The molecule has 1 spiro atoms. The lowest BCUT2D eigenvalue weighted by Gasteiger charge is -2.40. The Morgan fingerprint density at radius 2 is 0.768 bits per heavy atom. The fourth-order valence-corrected chi connectivity index (χ4v) is 11.9. The van der Waals surface area contributed by atoms with Crippen LogP contribution in [0.1, 0.15) is 22.3 Å². The fraction of sp³-hybridized carbons (Fsp3) is 0.0149. The molecule has 0 N–H and O–H groups in total. The lowest BCUT2D eigenvalue weighted by atomic mass is 9.65. The topological polar surface area (TPSA) is 8.17 Å². The predicted octanol–water partition coefficient (Wildman–Crippen LogP) is 17.6. The number of aromatic nitrogens is 1. The van der Waals surface area contributed by atoms with Crippen molar-refractivity contribution < 1.29 is 0 Å². The van der Waals surface area contributed by atoms with Gasteiger partial charge in [0.05, 0.1) is 27.8 Å². The molecule has 1 aromatic heterocycles. The molecule has 14 rings (SSSR count). The van der Waals surface area contributed by atoms with Crippen molar-refractivity contribution in [3.8, 4) is 61.3 Å². The van der Waals surface area contributed by atoms with Crippen molar-refractivity contribution in [1.29, 1.82) is 0 Å². The molecule has 0 radical (unpaired) electrons. The number of rotatable bonds is 7. The van der Waals surface area contributed by atoms with Gasteiger partial charge in [-0.2, -0.15) is 0 Å². The van der Waals surface area contributed by atoms with Crippen molar-refractivity contribution in [1.82, 2.24) is 4.57 Å². The molecular weight excluding hydrogens is 833 g/mol. The van der Waals surface area contributed by atoms with E-state index in [2.05, 4.69) is 276 Å². The normalized spacial score (nSPS) is 12.8. The molecule has 11 aromatic carbocycles. The van der Waals surface area contributed by atoms with E-state index in [0.29, 0.717) is 0 Å². The molecule has 0 atom stereocenters. The van der Waals surface area contributed by atoms with Crippen LogP contribution in [0.4, 0.5) is 17.1 Å². The number of benzene rings is 11. The molecule has 2 heterocycles. The van der Waals surface area contributed by atoms with Gasteiger partial charge in [-0.1, -0.05) is 224 Å². The van der Waals surface area contributed by atoms with Crippen molar-refractivity contribution in [2.45, 2.75) is 5.41 Å². The second kappa shape index (κ2) is 15.6. The second-order valence-corrected chi connectivity index (χ2v) is 18.4. The monoisotopic (exact) mass is 876 g/mol. The molecule has 2 aliphatic rings. The maximum absolute atomic E-state index is 2.54. The maximum Gasteiger partial charge on any atom is 0.0755 e. The molecule has 0 unspecified atom stereocenters. The van der Waals surface area contributed by atoms with Gasteiger partial charge in [0.2, 0.25) is 0 Å². The van der Waals surface area contributed by atoms with Crippen molar-refractivity contribution in [2.75, 3.05) is 4.90 Å². The standard InChI is InChI=1S/C67H44N2/c1-3-19-45(20-4-1)46-35-37-47(38-36-46)48-39-41-50(42-40-48)68(63-32-16-11-27-56(63)53-24-8-7-23-52(53)49-21-5-2-6-22-49)51-43-58-57-28-12-17-33-64(57)69-65-34-18-15-31-61(65)67(62(44-51)66(58)69)59-29-13-9-25-54(59)55-26-10-14-30-60(55)67/h1-44H. The summed E-state index contributed by atoms with van der Waals surface area (Å²) in [6, 6.07) is 98.7. The molecular formula is C67H44N2. The Balaban J connectivity index is 1.05. The zero-order chi connectivity index (χ0) is 45.5. The van der Waals surface area contributed by atoms with Gasteiger partial charge in [-0.15, -0.1) is 0 Å². The van der Waals surface area contributed by atoms with Crippen LogP contribution in [0.3, 0.4) is 0 Å². The summed E-state index contributed by atoms with van der Waals surface area (Å²) >= 11 is 0. The van der Waals surface area contributed by atoms with Crippen LogP contribution in [0.15, 0.2) is 267 Å². The van der Waals surface area contributed by atoms with Crippen LogP contribution < -0.4 is 4.90 Å². The molecule has 1 aliphatic heterocycles. The van der Waals surface area contributed by atoms with E-state index in [0.717, 1.165) is 22.6 Å². The summed E-state index contributed by atoms with van der Waals surface area (Å²) in [5.74, 6) is 0. The van der Waals surface area contributed by atoms with Gasteiger partial charge in [0.25, 0.3) is 0 Å². The SMILES string of the molecule is c1ccc(-c2ccc(-c3ccc(N(c4cc5c6c(c4)c4ccccc4n6-c4ccccc4C54c5ccccc5-c5ccccc54)c4ccccc4-c4ccccc4-c4ccccc4)cc3)cc2)cc1. The number of nitrogens with zero attached hydrogens (tertiary/aromatic N) is 2. The first kappa shape index (κ1) is 39.2. The summed E-state index contributed by atoms with van der Waals surface area (Å²) in [4.78, 5) is 2.52. The van der Waals surface area contributed by atoms with E-state index in [1.54, 1.807) is 0 Å². The summed E-state index contributed by atoms with van der Waals surface area (Å²) in [7, 11) is 0. The Morgan fingerprint density at radius 3 is 1.43 bits per heavy atom. The highest BCUT2D eigenvalue weighted by atomic mass is 15.1. The molecule has 1 aliphatic carbocycles. The summed E-state index contributed by atoms with van der Waals surface area (Å²) in [5.41, 5.74) is 23.7. The first-order valence-electron chi connectivity index (χ1n) is 23.9. The minimum Gasteiger partial charge on any atom is -0.310 e. The minimum atomic E-state index is -0.580. The summed E-state index contributed by atoms with van der Waals surface area (Å²) < 4.78 is 2.54. The van der Waals surface area contributed by atoms with Crippen molar-refractivity contribution in [3.63, 3.8) is 0 Å². The van der Waals surface area contributed by atoms with Crippen molar-refractivity contribution >= 4 is 38.9 Å². The van der Waals surface area contributed by atoms with Gasteiger partial charge < -0.3 is 9.47 Å². The molecule has 0 fully saturated rings. The maximum atomic E-state index is 2.54. The number of para-hydroxylation sites is 3. The third-order valence-corrected chi connectivity index (χ3v) is 14.8. The second-order valence-electron chi connectivity index (χ2n) is 18.4. The first-order valence-corrected chi connectivity index (χ1v) is 23.9. The van der Waals surface area contributed by atoms with E-state index in [9.17, 15) is 0 Å². The number of hydrogen-bond acceptors (Lipinski definition) is 1. The van der Waals surface area contributed by atoms with E-state index in [1.165, 1.54) is 99.8 Å². The summed E-state index contributed by atoms with van der Waals surface area (Å²) in [5, 5.41) is 2.47. The molecule has 0 amide bonds. The van der Waals surface area contributed by atoms with Crippen molar-refractivity contribution in [3.05, 3.63) is 289 Å². The largest absolute Gasteiger partial charge is 0.310 e. The smallest absolute Gasteiger partial charge is 0.0755 e. The molecule has 12 aromatic rings. The predicted molar refractivity (Wildman–Crippen MR) is 288 cm³/mol. The Morgan fingerprint density at radius 1 is 0.290 bits per heavy atom. The lowest BCUT2D eigenvalue weighted by Crippen LogP contribution is -2.33. The van der Waals surface area contributed by atoms with Crippen LogP contribution in [0, 0.1) is 0 Å². The van der Waals surface area contributed by atoms with Gasteiger partial charge in [-0.25, -0.2) is 0 Å². The highest BCUT2D eigenvalue weighted by molar-refractivity contribution is 6.14. The van der Waals surface area contributed by atoms with E-state index < -0.39 is 5.41 Å².